The van der Waals surface area contributed by atoms with E-state index in [9.17, 15) is 9.59 Å². The smallest absolute Gasteiger partial charge is 0.257 e. The van der Waals surface area contributed by atoms with E-state index in [1.807, 2.05) is 23.6 Å². The van der Waals surface area contributed by atoms with Crippen LogP contribution in [-0.4, -0.2) is 16.7 Å². The van der Waals surface area contributed by atoms with Crippen molar-refractivity contribution in [1.29, 1.82) is 0 Å². The highest BCUT2D eigenvalue weighted by Crippen LogP contribution is 2.33. The Kier molecular flexibility index (Phi) is 6.01. The summed E-state index contributed by atoms with van der Waals surface area (Å²) in [6.07, 6.45) is 0. The molecule has 0 saturated heterocycles. The molecule has 4 aromatic rings. The Morgan fingerprint density at radius 3 is 1.97 bits per heavy atom. The van der Waals surface area contributed by atoms with Gasteiger partial charge in [-0.05, 0) is 62.1 Å². The van der Waals surface area contributed by atoms with Gasteiger partial charge in [0.2, 0.25) is 0 Å². The second-order valence-corrected chi connectivity index (χ2v) is 8.76. The number of carbonyl (C=O) groups is 2. The van der Waals surface area contributed by atoms with Crippen molar-refractivity contribution < 1.29 is 9.59 Å². The van der Waals surface area contributed by atoms with Crippen LogP contribution in [0.2, 0.25) is 0 Å². The fourth-order valence-corrected chi connectivity index (χ4v) is 4.44. The van der Waals surface area contributed by atoms with E-state index in [0.29, 0.717) is 21.8 Å². The number of hydrogen-bond donors (Lipinski definition) is 1. The van der Waals surface area contributed by atoms with Crippen molar-refractivity contribution in [3.05, 3.63) is 105 Å². The molecule has 160 valence electrons. The molecule has 0 spiro atoms. The van der Waals surface area contributed by atoms with Crippen LogP contribution >= 0.6 is 11.3 Å². The molecular formula is C27H24N2O2S. The first-order valence-electron chi connectivity index (χ1n) is 10.4. The van der Waals surface area contributed by atoms with E-state index in [1.54, 1.807) is 36.4 Å². The largest absolute Gasteiger partial charge is 0.298 e. The van der Waals surface area contributed by atoms with Crippen molar-refractivity contribution in [3.63, 3.8) is 0 Å². The lowest BCUT2D eigenvalue weighted by atomic mass is 9.93. The molecule has 4 nitrogen and oxygen atoms in total. The second kappa shape index (κ2) is 8.89. The van der Waals surface area contributed by atoms with Gasteiger partial charge in [-0.2, -0.15) is 0 Å². The number of hydrogen-bond acceptors (Lipinski definition) is 4. The van der Waals surface area contributed by atoms with Crippen LogP contribution < -0.4 is 5.32 Å². The summed E-state index contributed by atoms with van der Waals surface area (Å²) in [7, 11) is 0. The molecule has 0 fully saturated rings. The van der Waals surface area contributed by atoms with E-state index in [2.05, 4.69) is 44.1 Å². The molecular weight excluding hydrogens is 416 g/mol. The van der Waals surface area contributed by atoms with Gasteiger partial charge in [-0.25, -0.2) is 4.98 Å². The zero-order chi connectivity index (χ0) is 22.8. The summed E-state index contributed by atoms with van der Waals surface area (Å²) in [5.41, 5.74) is 8.51. The molecule has 1 amide bonds. The Morgan fingerprint density at radius 2 is 1.34 bits per heavy atom. The minimum Gasteiger partial charge on any atom is -0.298 e. The van der Waals surface area contributed by atoms with Crippen LogP contribution in [-0.2, 0) is 0 Å². The zero-order valence-corrected chi connectivity index (χ0v) is 19.3. The van der Waals surface area contributed by atoms with E-state index in [-0.39, 0.29) is 11.7 Å². The number of nitrogens with zero attached hydrogens (tertiary/aromatic N) is 1. The Morgan fingerprint density at radius 1 is 0.781 bits per heavy atom. The summed E-state index contributed by atoms with van der Waals surface area (Å²) in [5, 5.41) is 5.41. The van der Waals surface area contributed by atoms with Crippen LogP contribution in [0.3, 0.4) is 0 Å². The lowest BCUT2D eigenvalue weighted by Crippen LogP contribution is -2.12. The maximum absolute atomic E-state index is 12.7. The van der Waals surface area contributed by atoms with E-state index in [4.69, 9.17) is 0 Å². The summed E-state index contributed by atoms with van der Waals surface area (Å²) >= 11 is 1.40. The molecule has 1 N–H and O–H groups in total. The molecule has 5 heteroatoms. The van der Waals surface area contributed by atoms with Crippen LogP contribution in [0.25, 0.3) is 11.3 Å². The minimum atomic E-state index is -0.251. The Labute approximate surface area is 192 Å². The van der Waals surface area contributed by atoms with Crippen molar-refractivity contribution in [2.45, 2.75) is 27.7 Å². The van der Waals surface area contributed by atoms with Gasteiger partial charge in [0, 0.05) is 27.6 Å². The van der Waals surface area contributed by atoms with Crippen molar-refractivity contribution in [2.75, 3.05) is 5.32 Å². The monoisotopic (exact) mass is 440 g/mol. The maximum atomic E-state index is 12.7. The third-order valence-corrected chi connectivity index (χ3v) is 6.55. The van der Waals surface area contributed by atoms with Crippen LogP contribution in [0.1, 0.15) is 48.5 Å². The Bertz CT molecular complexity index is 1280. The van der Waals surface area contributed by atoms with Crippen LogP contribution in [0.4, 0.5) is 5.13 Å². The highest BCUT2D eigenvalue weighted by molar-refractivity contribution is 7.14. The summed E-state index contributed by atoms with van der Waals surface area (Å²) in [5.74, 6) is -0.320. The molecule has 0 bridgehead atoms. The van der Waals surface area contributed by atoms with Gasteiger partial charge in [0.05, 0.1) is 5.69 Å². The fraction of sp³-hybridized carbons (Fsp3) is 0.148. The topological polar surface area (TPSA) is 59.1 Å². The molecule has 1 heterocycles. The second-order valence-electron chi connectivity index (χ2n) is 7.90. The molecule has 32 heavy (non-hydrogen) atoms. The third kappa shape index (κ3) is 4.25. The Balaban J connectivity index is 1.51. The minimum absolute atomic E-state index is 0.0682. The van der Waals surface area contributed by atoms with E-state index < -0.39 is 0 Å². The summed E-state index contributed by atoms with van der Waals surface area (Å²) < 4.78 is 0. The molecule has 0 saturated carbocycles. The van der Waals surface area contributed by atoms with Crippen molar-refractivity contribution in [2.24, 2.45) is 0 Å². The lowest BCUT2D eigenvalue weighted by molar-refractivity contribution is 0.102. The molecule has 0 aliphatic heterocycles. The number of anilines is 1. The number of rotatable bonds is 5. The lowest BCUT2D eigenvalue weighted by Gasteiger charge is -2.13. The Hall–Kier alpha value is -3.57. The van der Waals surface area contributed by atoms with Gasteiger partial charge in [-0.3, -0.25) is 14.9 Å². The number of thiazole rings is 1. The van der Waals surface area contributed by atoms with Crippen molar-refractivity contribution >= 4 is 28.2 Å². The van der Waals surface area contributed by atoms with E-state index in [1.165, 1.54) is 33.6 Å². The molecule has 0 unspecified atom stereocenters. The van der Waals surface area contributed by atoms with Crippen LogP contribution in [0.15, 0.2) is 66.0 Å². The highest BCUT2D eigenvalue weighted by Gasteiger charge is 2.16. The number of aromatic nitrogens is 1. The highest BCUT2D eigenvalue weighted by atomic mass is 32.1. The standard InChI is InChI=1S/C27H24N2O2S/c1-16-14-17(2)19(4)24(18(16)3)23-15-32-27(28-23)29-26(31)22-12-10-21(11-13-22)25(30)20-8-6-5-7-9-20/h5-15H,1-4H3,(H,28,29,31). The summed E-state index contributed by atoms with van der Waals surface area (Å²) in [6, 6.07) is 18.0. The number of benzene rings is 3. The quantitative estimate of drug-likeness (QED) is 0.359. The van der Waals surface area contributed by atoms with Gasteiger partial charge < -0.3 is 0 Å². The third-order valence-electron chi connectivity index (χ3n) is 5.79. The molecule has 3 aromatic carbocycles. The van der Waals surface area contributed by atoms with Gasteiger partial charge in [-0.1, -0.05) is 48.5 Å². The van der Waals surface area contributed by atoms with E-state index in [0.717, 1.165) is 11.3 Å². The first kappa shape index (κ1) is 21.7. The number of ketones is 1. The number of aryl methyl sites for hydroxylation is 2. The number of nitrogens with one attached hydrogen (secondary N) is 1. The number of amides is 1. The summed E-state index contributed by atoms with van der Waals surface area (Å²) in [6.45, 7) is 8.42. The zero-order valence-electron chi connectivity index (χ0n) is 18.5. The first-order chi connectivity index (χ1) is 15.3. The SMILES string of the molecule is Cc1cc(C)c(C)c(-c2csc(NC(=O)c3ccc(C(=O)c4ccccc4)cc3)n2)c1C. The van der Waals surface area contributed by atoms with Gasteiger partial charge in [0.1, 0.15) is 0 Å². The molecule has 1 aromatic heterocycles. The van der Waals surface area contributed by atoms with Gasteiger partial charge >= 0.3 is 0 Å². The molecule has 0 aliphatic rings. The van der Waals surface area contributed by atoms with Gasteiger partial charge in [0.25, 0.3) is 5.91 Å². The van der Waals surface area contributed by atoms with Crippen molar-refractivity contribution in [3.8, 4) is 11.3 Å². The first-order valence-corrected chi connectivity index (χ1v) is 11.3. The van der Waals surface area contributed by atoms with Crippen LogP contribution in [0.5, 0.6) is 0 Å². The molecule has 4 rings (SSSR count). The normalized spacial score (nSPS) is 10.8. The average Bonchev–Trinajstić information content (AvgIpc) is 3.26. The molecule has 0 atom stereocenters. The number of carbonyl (C=O) groups excluding carboxylic acids is 2. The van der Waals surface area contributed by atoms with E-state index >= 15 is 0 Å². The van der Waals surface area contributed by atoms with Crippen LogP contribution in [0, 0.1) is 27.7 Å². The van der Waals surface area contributed by atoms with Crippen molar-refractivity contribution in [1.82, 2.24) is 4.98 Å². The fourth-order valence-electron chi connectivity index (χ4n) is 3.75. The maximum Gasteiger partial charge on any atom is 0.257 e. The van der Waals surface area contributed by atoms with Gasteiger partial charge in [0.15, 0.2) is 10.9 Å². The predicted molar refractivity (Wildman–Crippen MR) is 131 cm³/mol. The molecule has 0 radical (unpaired) electrons. The molecule has 0 aliphatic carbocycles. The summed E-state index contributed by atoms with van der Waals surface area (Å²) in [4.78, 5) is 29.9. The average molecular weight is 441 g/mol. The predicted octanol–water partition coefficient (Wildman–Crippen LogP) is 6.53. The van der Waals surface area contributed by atoms with Gasteiger partial charge in [-0.15, -0.1) is 11.3 Å².